The number of nitriles is 1. The lowest BCUT2D eigenvalue weighted by atomic mass is 9.74. The Kier molecular flexibility index (Phi) is 8.52. The molecule has 2 aromatic rings. The minimum atomic E-state index is -0.190. The lowest BCUT2D eigenvalue weighted by Crippen LogP contribution is -2.35. The SMILES string of the molecule is COc1ccccc1CCN(CCBC(=O)OI)C1CCCc2nc(C#N)ccc21. The van der Waals surface area contributed by atoms with Gasteiger partial charge in [0.25, 0.3) is 13.1 Å². The van der Waals surface area contributed by atoms with Gasteiger partial charge in [0.1, 0.15) is 17.5 Å². The fraction of sp³-hybridized carbons (Fsp3) is 0.409. The molecule has 1 aromatic carbocycles. The Bertz CT molecular complexity index is 919. The zero-order valence-corrected chi connectivity index (χ0v) is 19.3. The Hall–Kier alpha value is -2.12. The molecule has 1 heterocycles. The number of aromatic nitrogens is 1. The van der Waals surface area contributed by atoms with Crippen molar-refractivity contribution in [1.82, 2.24) is 9.88 Å². The molecule has 1 aliphatic rings. The lowest BCUT2D eigenvalue weighted by molar-refractivity contribution is 0.188. The van der Waals surface area contributed by atoms with Crippen LogP contribution in [0.3, 0.4) is 0 Å². The van der Waals surface area contributed by atoms with Crippen LogP contribution >= 0.6 is 23.0 Å². The molecule has 0 bridgehead atoms. The topological polar surface area (TPSA) is 75.4 Å². The second-order valence-corrected chi connectivity index (χ2v) is 7.84. The number of aryl methyl sites for hydroxylation is 1. The van der Waals surface area contributed by atoms with Crippen LogP contribution in [0.15, 0.2) is 36.4 Å². The Balaban J connectivity index is 1.79. The molecule has 1 atom stereocenters. The third kappa shape index (κ3) is 5.73. The number of fused-ring (bicyclic) bond motifs is 1. The van der Waals surface area contributed by atoms with E-state index in [9.17, 15) is 10.1 Å². The first kappa shape index (κ1) is 22.6. The van der Waals surface area contributed by atoms with Crippen LogP contribution in [-0.4, -0.2) is 43.2 Å². The van der Waals surface area contributed by atoms with Crippen LogP contribution in [0.1, 0.15) is 41.4 Å². The summed E-state index contributed by atoms with van der Waals surface area (Å²) in [5.41, 5.74) is 3.88. The number of benzene rings is 1. The number of hydrogen-bond acceptors (Lipinski definition) is 6. The van der Waals surface area contributed by atoms with Gasteiger partial charge in [-0.3, -0.25) is 9.69 Å². The maximum absolute atomic E-state index is 11.6. The van der Waals surface area contributed by atoms with Crippen molar-refractivity contribution in [2.75, 3.05) is 20.2 Å². The lowest BCUT2D eigenvalue weighted by Gasteiger charge is -2.35. The van der Waals surface area contributed by atoms with Crippen LogP contribution in [0.5, 0.6) is 5.75 Å². The highest BCUT2D eigenvalue weighted by Gasteiger charge is 2.27. The third-order valence-electron chi connectivity index (χ3n) is 5.59. The molecule has 0 radical (unpaired) electrons. The number of ether oxygens (including phenoxy) is 1. The largest absolute Gasteiger partial charge is 0.496 e. The summed E-state index contributed by atoms with van der Waals surface area (Å²) < 4.78 is 10.3. The second-order valence-electron chi connectivity index (χ2n) is 7.40. The van der Waals surface area contributed by atoms with Crippen molar-refractivity contribution in [3.05, 3.63) is 58.9 Å². The molecule has 0 saturated carbocycles. The molecule has 1 unspecified atom stereocenters. The van der Waals surface area contributed by atoms with Crippen molar-refractivity contribution in [2.45, 2.75) is 38.0 Å². The van der Waals surface area contributed by atoms with Gasteiger partial charge in [-0.15, -0.1) is 0 Å². The minimum absolute atomic E-state index is 0.190. The summed E-state index contributed by atoms with van der Waals surface area (Å²) in [6, 6.07) is 14.3. The van der Waals surface area contributed by atoms with Gasteiger partial charge in [-0.1, -0.05) is 30.6 Å². The van der Waals surface area contributed by atoms with E-state index in [0.29, 0.717) is 13.0 Å². The van der Waals surface area contributed by atoms with Crippen molar-refractivity contribution >= 4 is 36.2 Å². The first-order valence-electron chi connectivity index (χ1n) is 10.2. The van der Waals surface area contributed by atoms with Crippen molar-refractivity contribution in [3.63, 3.8) is 0 Å². The maximum atomic E-state index is 11.6. The molecule has 1 aromatic heterocycles. The van der Waals surface area contributed by atoms with E-state index in [4.69, 9.17) is 7.80 Å². The van der Waals surface area contributed by atoms with Crippen LogP contribution < -0.4 is 4.74 Å². The highest BCUT2D eigenvalue weighted by atomic mass is 127. The quantitative estimate of drug-likeness (QED) is 0.367. The first-order valence-corrected chi connectivity index (χ1v) is 11.1. The predicted molar refractivity (Wildman–Crippen MR) is 125 cm³/mol. The number of rotatable bonds is 9. The van der Waals surface area contributed by atoms with Crippen LogP contribution in [0.2, 0.25) is 6.32 Å². The van der Waals surface area contributed by atoms with Crippen molar-refractivity contribution in [2.24, 2.45) is 0 Å². The Morgan fingerprint density at radius 3 is 2.93 bits per heavy atom. The van der Waals surface area contributed by atoms with E-state index >= 15 is 0 Å². The van der Waals surface area contributed by atoms with Crippen molar-refractivity contribution < 1.29 is 12.6 Å². The molecule has 156 valence electrons. The number of halogens is 1. The number of carbonyl (C=O) groups excluding carboxylic acids is 1. The Morgan fingerprint density at radius 2 is 2.17 bits per heavy atom. The van der Waals surface area contributed by atoms with Crippen molar-refractivity contribution in [3.8, 4) is 11.8 Å². The van der Waals surface area contributed by atoms with E-state index in [-0.39, 0.29) is 11.9 Å². The van der Waals surface area contributed by atoms with E-state index in [1.165, 1.54) is 11.1 Å². The van der Waals surface area contributed by atoms with Crippen LogP contribution in [0.25, 0.3) is 0 Å². The van der Waals surface area contributed by atoms with Crippen molar-refractivity contribution in [1.29, 1.82) is 5.26 Å². The summed E-state index contributed by atoms with van der Waals surface area (Å²) in [5, 5.41) is 9.19. The second kappa shape index (κ2) is 11.3. The van der Waals surface area contributed by atoms with Gasteiger partial charge in [0.15, 0.2) is 23.0 Å². The molecule has 0 spiro atoms. The van der Waals surface area contributed by atoms with Gasteiger partial charge < -0.3 is 7.80 Å². The van der Waals surface area contributed by atoms with Crippen LogP contribution in [0.4, 0.5) is 4.79 Å². The number of carbonyl (C=O) groups is 1. The number of pyridine rings is 1. The Morgan fingerprint density at radius 1 is 1.33 bits per heavy atom. The van der Waals surface area contributed by atoms with E-state index in [1.807, 2.05) is 24.3 Å². The molecule has 1 aliphatic carbocycles. The normalized spacial score (nSPS) is 15.2. The monoisotopic (exact) mass is 517 g/mol. The Labute approximate surface area is 192 Å². The molecular formula is C22H25BIN3O3. The van der Waals surface area contributed by atoms with Gasteiger partial charge in [-0.25, -0.2) is 4.98 Å². The summed E-state index contributed by atoms with van der Waals surface area (Å²) in [5.74, 6) is 0.708. The van der Waals surface area contributed by atoms with Crippen LogP contribution in [-0.2, 0) is 15.9 Å². The summed E-state index contributed by atoms with van der Waals surface area (Å²) in [6.45, 7) is 1.65. The number of hydrogen-bond donors (Lipinski definition) is 0. The minimum Gasteiger partial charge on any atom is -0.496 e. The highest BCUT2D eigenvalue weighted by molar-refractivity contribution is 14.1. The average Bonchev–Trinajstić information content (AvgIpc) is 2.80. The van der Waals surface area contributed by atoms with E-state index < -0.39 is 0 Å². The fourth-order valence-electron chi connectivity index (χ4n) is 4.14. The van der Waals surface area contributed by atoms with Gasteiger partial charge in [0.2, 0.25) is 0 Å². The van der Waals surface area contributed by atoms with E-state index in [0.717, 1.165) is 56.5 Å². The fourth-order valence-corrected chi connectivity index (χ4v) is 4.36. The molecule has 6 nitrogen and oxygen atoms in total. The molecule has 0 fully saturated rings. The predicted octanol–water partition coefficient (Wildman–Crippen LogP) is 4.23. The van der Waals surface area contributed by atoms with Gasteiger partial charge in [-0.2, -0.15) is 5.26 Å². The number of methoxy groups -OCH3 is 1. The molecule has 8 heteroatoms. The van der Waals surface area contributed by atoms with Crippen LogP contribution in [0, 0.1) is 11.3 Å². The average molecular weight is 517 g/mol. The maximum Gasteiger partial charge on any atom is 0.262 e. The smallest absolute Gasteiger partial charge is 0.262 e. The molecular weight excluding hydrogens is 492 g/mol. The third-order valence-corrected chi connectivity index (χ3v) is 6.08. The van der Waals surface area contributed by atoms with Gasteiger partial charge in [0.05, 0.1) is 7.11 Å². The summed E-state index contributed by atoms with van der Waals surface area (Å²) in [4.78, 5) is 18.6. The summed E-state index contributed by atoms with van der Waals surface area (Å²) in [6.07, 6.45) is 4.59. The summed E-state index contributed by atoms with van der Waals surface area (Å²) in [7, 11) is 2.10. The summed E-state index contributed by atoms with van der Waals surface area (Å²) >= 11 is 1.64. The number of nitrogens with zero attached hydrogens (tertiary/aromatic N) is 3. The van der Waals surface area contributed by atoms with Gasteiger partial charge in [-0.05, 0) is 55.5 Å². The number of para-hydroxylation sites is 1. The van der Waals surface area contributed by atoms with Gasteiger partial charge >= 0.3 is 0 Å². The molecule has 30 heavy (non-hydrogen) atoms. The molecule has 0 aliphatic heterocycles. The van der Waals surface area contributed by atoms with E-state index in [2.05, 4.69) is 28.1 Å². The first-order chi connectivity index (χ1) is 14.7. The molecule has 0 amide bonds. The molecule has 3 rings (SSSR count). The zero-order valence-electron chi connectivity index (χ0n) is 17.1. The molecule has 0 N–H and O–H groups in total. The standard InChI is InChI=1S/C22H25BIN3O3/c1-29-21-8-3-2-5-16(21)11-13-27(14-12-23-22(28)30-24)20-7-4-6-19-18(20)10-9-17(15-25)26-19/h2-3,5,8-10,20,23H,4,6-7,11-14H2,1H3. The zero-order chi connectivity index (χ0) is 21.3. The molecule has 0 saturated heterocycles. The van der Waals surface area contributed by atoms with E-state index in [1.54, 1.807) is 30.1 Å². The highest BCUT2D eigenvalue weighted by Crippen LogP contribution is 2.34. The van der Waals surface area contributed by atoms with Gasteiger partial charge in [0, 0.05) is 18.3 Å².